The van der Waals surface area contributed by atoms with Gasteiger partial charge in [-0.1, -0.05) is 0 Å². The fourth-order valence-electron chi connectivity index (χ4n) is 2.20. The van der Waals surface area contributed by atoms with Gasteiger partial charge in [-0.2, -0.15) is 0 Å². The van der Waals surface area contributed by atoms with Crippen LogP contribution in [0, 0.1) is 0 Å². The molecule has 2 heterocycles. The van der Waals surface area contributed by atoms with Crippen molar-refractivity contribution in [2.75, 3.05) is 26.9 Å². The first kappa shape index (κ1) is 17.4. The molecule has 0 saturated heterocycles. The highest BCUT2D eigenvalue weighted by molar-refractivity contribution is 5.89. The zero-order chi connectivity index (χ0) is 16.9. The first-order chi connectivity index (χ1) is 10.9. The molecular formula is C17H24N2O4. The van der Waals surface area contributed by atoms with E-state index in [0.29, 0.717) is 26.2 Å². The van der Waals surface area contributed by atoms with Gasteiger partial charge in [0.2, 0.25) is 0 Å². The molecule has 126 valence electrons. The molecule has 0 aromatic carbocycles. The number of rotatable bonds is 6. The van der Waals surface area contributed by atoms with Crippen molar-refractivity contribution in [3.05, 3.63) is 30.1 Å². The van der Waals surface area contributed by atoms with E-state index >= 15 is 0 Å². The average molecular weight is 320 g/mol. The Morgan fingerprint density at radius 3 is 2.74 bits per heavy atom. The minimum Gasteiger partial charge on any atom is -0.443 e. The lowest BCUT2D eigenvalue weighted by Gasteiger charge is -2.19. The number of methoxy groups -OCH3 is 1. The number of carbonyl (C=O) groups is 1. The quantitative estimate of drug-likeness (QED) is 0.766. The van der Waals surface area contributed by atoms with Gasteiger partial charge in [-0.3, -0.25) is 9.55 Å². The van der Waals surface area contributed by atoms with Crippen LogP contribution in [0.4, 0.5) is 4.79 Å². The second-order valence-corrected chi connectivity index (χ2v) is 6.23. The van der Waals surface area contributed by atoms with Gasteiger partial charge in [-0.25, -0.2) is 4.79 Å². The van der Waals surface area contributed by atoms with E-state index in [1.165, 1.54) is 4.57 Å². The molecule has 0 unspecified atom stereocenters. The summed E-state index contributed by atoms with van der Waals surface area (Å²) in [6, 6.07) is 3.67. The van der Waals surface area contributed by atoms with Gasteiger partial charge < -0.3 is 14.2 Å². The van der Waals surface area contributed by atoms with E-state index in [2.05, 4.69) is 4.98 Å². The van der Waals surface area contributed by atoms with Crippen LogP contribution in [0.15, 0.2) is 24.5 Å². The molecule has 0 bridgehead atoms. The number of aromatic nitrogens is 2. The standard InChI is InChI=1S/C17H24N2O4/c1-17(2,3)23-16(20)19-12-13(7-9-22-11-10-21-4)15-14(19)6-5-8-18-15/h5-6,8,12H,7,9-11H2,1-4H3. The first-order valence-corrected chi connectivity index (χ1v) is 7.67. The predicted molar refractivity (Wildman–Crippen MR) is 87.8 cm³/mol. The summed E-state index contributed by atoms with van der Waals surface area (Å²) < 4.78 is 17.4. The maximum absolute atomic E-state index is 12.4. The summed E-state index contributed by atoms with van der Waals surface area (Å²) in [6.07, 6.45) is 3.78. The molecule has 0 radical (unpaired) electrons. The van der Waals surface area contributed by atoms with Crippen LogP contribution in [0.25, 0.3) is 11.0 Å². The van der Waals surface area contributed by atoms with Crippen LogP contribution in [-0.4, -0.2) is 48.2 Å². The third kappa shape index (κ3) is 4.77. The van der Waals surface area contributed by atoms with E-state index in [-0.39, 0.29) is 0 Å². The third-order valence-electron chi connectivity index (χ3n) is 3.17. The predicted octanol–water partition coefficient (Wildman–Crippen LogP) is 3.03. The molecular weight excluding hydrogens is 296 g/mol. The minimum atomic E-state index is -0.542. The van der Waals surface area contributed by atoms with Gasteiger partial charge in [-0.15, -0.1) is 0 Å². The maximum Gasteiger partial charge on any atom is 0.419 e. The molecule has 23 heavy (non-hydrogen) atoms. The van der Waals surface area contributed by atoms with Gasteiger partial charge in [0.15, 0.2) is 0 Å². The van der Waals surface area contributed by atoms with E-state index in [1.807, 2.05) is 32.9 Å². The fourth-order valence-corrected chi connectivity index (χ4v) is 2.20. The van der Waals surface area contributed by atoms with Gasteiger partial charge >= 0.3 is 6.09 Å². The SMILES string of the molecule is COCCOCCc1cn(C(=O)OC(C)(C)C)c2cccnc12. The molecule has 0 saturated carbocycles. The van der Waals surface area contributed by atoms with Gasteiger partial charge in [-0.05, 0) is 44.9 Å². The zero-order valence-corrected chi connectivity index (χ0v) is 14.2. The molecule has 0 amide bonds. The van der Waals surface area contributed by atoms with E-state index < -0.39 is 11.7 Å². The van der Waals surface area contributed by atoms with Crippen LogP contribution in [0.3, 0.4) is 0 Å². The summed E-state index contributed by atoms with van der Waals surface area (Å²) in [5.74, 6) is 0. The number of carbonyl (C=O) groups excluding carboxylic acids is 1. The first-order valence-electron chi connectivity index (χ1n) is 7.67. The molecule has 0 atom stereocenters. The van der Waals surface area contributed by atoms with Gasteiger partial charge in [0.05, 0.1) is 30.9 Å². The van der Waals surface area contributed by atoms with Crippen molar-refractivity contribution in [2.24, 2.45) is 0 Å². The molecule has 0 fully saturated rings. The summed E-state index contributed by atoms with van der Waals surface area (Å²) in [6.45, 7) is 7.21. The Balaban J connectivity index is 2.17. The van der Waals surface area contributed by atoms with E-state index in [9.17, 15) is 4.79 Å². The second-order valence-electron chi connectivity index (χ2n) is 6.23. The molecule has 0 N–H and O–H groups in total. The van der Waals surface area contributed by atoms with Crippen molar-refractivity contribution in [2.45, 2.75) is 32.8 Å². The third-order valence-corrected chi connectivity index (χ3v) is 3.17. The largest absolute Gasteiger partial charge is 0.443 e. The fraction of sp³-hybridized carbons (Fsp3) is 0.529. The van der Waals surface area contributed by atoms with Crippen LogP contribution in [0.5, 0.6) is 0 Å². The summed E-state index contributed by atoms with van der Waals surface area (Å²) in [7, 11) is 1.64. The highest BCUT2D eigenvalue weighted by Crippen LogP contribution is 2.21. The molecule has 0 spiro atoms. The summed E-state index contributed by atoms with van der Waals surface area (Å²) >= 11 is 0. The Hall–Kier alpha value is -1.92. The van der Waals surface area contributed by atoms with Crippen molar-refractivity contribution < 1.29 is 19.0 Å². The van der Waals surface area contributed by atoms with Crippen molar-refractivity contribution in [1.82, 2.24) is 9.55 Å². The van der Waals surface area contributed by atoms with Crippen molar-refractivity contribution in [1.29, 1.82) is 0 Å². The average Bonchev–Trinajstić information content (AvgIpc) is 2.85. The Labute approximate surface area is 136 Å². The van der Waals surface area contributed by atoms with Crippen LogP contribution in [0.1, 0.15) is 26.3 Å². The minimum absolute atomic E-state index is 0.401. The van der Waals surface area contributed by atoms with E-state index in [1.54, 1.807) is 19.5 Å². The molecule has 0 aliphatic carbocycles. The lowest BCUT2D eigenvalue weighted by Crippen LogP contribution is -2.26. The maximum atomic E-state index is 12.4. The van der Waals surface area contributed by atoms with Crippen LogP contribution >= 0.6 is 0 Å². The smallest absolute Gasteiger partial charge is 0.419 e. The highest BCUT2D eigenvalue weighted by atomic mass is 16.6. The Bertz CT molecular complexity index is 658. The van der Waals surface area contributed by atoms with E-state index in [4.69, 9.17) is 14.2 Å². The Morgan fingerprint density at radius 2 is 2.04 bits per heavy atom. The molecule has 6 heteroatoms. The van der Waals surface area contributed by atoms with Crippen molar-refractivity contribution in [3.8, 4) is 0 Å². The number of hydrogen-bond acceptors (Lipinski definition) is 5. The van der Waals surface area contributed by atoms with Crippen molar-refractivity contribution in [3.63, 3.8) is 0 Å². The summed E-state index contributed by atoms with van der Waals surface area (Å²) in [5.41, 5.74) is 1.96. The molecule has 2 aromatic heterocycles. The van der Waals surface area contributed by atoms with E-state index in [0.717, 1.165) is 16.6 Å². The molecule has 0 aliphatic heterocycles. The Morgan fingerprint density at radius 1 is 1.26 bits per heavy atom. The van der Waals surface area contributed by atoms with Crippen LogP contribution < -0.4 is 0 Å². The topological polar surface area (TPSA) is 62.6 Å². The van der Waals surface area contributed by atoms with Gasteiger partial charge in [0, 0.05) is 19.5 Å². The number of pyridine rings is 1. The monoisotopic (exact) mass is 320 g/mol. The second kappa shape index (κ2) is 7.57. The number of fused-ring (bicyclic) bond motifs is 1. The van der Waals surface area contributed by atoms with Crippen molar-refractivity contribution >= 4 is 17.1 Å². The lowest BCUT2D eigenvalue weighted by molar-refractivity contribution is 0.0543. The van der Waals surface area contributed by atoms with Gasteiger partial charge in [0.1, 0.15) is 5.60 Å². The molecule has 2 aromatic rings. The highest BCUT2D eigenvalue weighted by Gasteiger charge is 2.21. The molecule has 0 aliphatic rings. The van der Waals surface area contributed by atoms with Crippen LogP contribution in [0.2, 0.25) is 0 Å². The molecule has 6 nitrogen and oxygen atoms in total. The lowest BCUT2D eigenvalue weighted by atomic mass is 10.2. The Kier molecular flexibility index (Phi) is 5.74. The summed E-state index contributed by atoms with van der Waals surface area (Å²) in [5, 5.41) is 0. The normalized spacial score (nSPS) is 11.8. The van der Waals surface area contributed by atoms with Crippen LogP contribution in [-0.2, 0) is 20.6 Å². The van der Waals surface area contributed by atoms with Gasteiger partial charge in [0.25, 0.3) is 0 Å². The number of hydrogen-bond donors (Lipinski definition) is 0. The zero-order valence-electron chi connectivity index (χ0n) is 14.2. The molecule has 2 rings (SSSR count). The summed E-state index contributed by atoms with van der Waals surface area (Å²) in [4.78, 5) is 16.8. The number of ether oxygens (including phenoxy) is 3. The number of nitrogens with zero attached hydrogens (tertiary/aromatic N) is 2.